The summed E-state index contributed by atoms with van der Waals surface area (Å²) in [6.45, 7) is 2.41. The van der Waals surface area contributed by atoms with Crippen LogP contribution in [0.5, 0.6) is 11.5 Å². The molecule has 0 bridgehead atoms. The summed E-state index contributed by atoms with van der Waals surface area (Å²) in [5, 5.41) is 5.07. The quantitative estimate of drug-likeness (QED) is 0.407. The number of nitrogens with one attached hydrogen (secondary N) is 1. The van der Waals surface area contributed by atoms with Crippen LogP contribution in [0.25, 0.3) is 20.8 Å². The Kier molecular flexibility index (Phi) is 4.47. The molecule has 0 saturated heterocycles. The molecule has 2 aromatic heterocycles. The van der Waals surface area contributed by atoms with Gasteiger partial charge >= 0.3 is 0 Å². The third kappa shape index (κ3) is 3.47. The van der Waals surface area contributed by atoms with Crippen molar-refractivity contribution in [2.75, 3.05) is 12.1 Å². The summed E-state index contributed by atoms with van der Waals surface area (Å²) in [4.78, 5) is 18.7. The molecule has 0 radical (unpaired) electrons. The van der Waals surface area contributed by atoms with E-state index in [2.05, 4.69) is 24.4 Å². The van der Waals surface area contributed by atoms with Crippen molar-refractivity contribution < 1.29 is 14.3 Å². The van der Waals surface area contributed by atoms with E-state index < -0.39 is 0 Å². The molecule has 0 unspecified atom stereocenters. The van der Waals surface area contributed by atoms with Gasteiger partial charge in [0.15, 0.2) is 11.5 Å². The molecule has 1 N–H and O–H groups in total. The first-order valence-corrected chi connectivity index (χ1v) is 12.0. The number of hydrogen-bond acceptors (Lipinski definition) is 6. The minimum absolute atomic E-state index is 0.123. The Morgan fingerprint density at radius 2 is 1.97 bits per heavy atom. The average molecular weight is 449 g/mol. The average Bonchev–Trinajstić information content (AvgIpc) is 3.25. The van der Waals surface area contributed by atoms with E-state index in [4.69, 9.17) is 14.5 Å². The fourth-order valence-corrected chi connectivity index (χ4v) is 6.23. The van der Waals surface area contributed by atoms with E-state index >= 15 is 0 Å². The molecule has 5 nitrogen and oxygen atoms in total. The lowest BCUT2D eigenvalue weighted by Gasteiger charge is -2.04. The molecule has 1 fully saturated rings. The van der Waals surface area contributed by atoms with Crippen molar-refractivity contribution in [1.29, 1.82) is 0 Å². The van der Waals surface area contributed by atoms with Gasteiger partial charge in [-0.25, -0.2) is 4.98 Å². The number of carbonyl (C=O) groups excluding carboxylic acids is 1. The third-order valence-electron chi connectivity index (χ3n) is 5.74. The summed E-state index contributed by atoms with van der Waals surface area (Å²) in [6.07, 6.45) is 2.73. The smallest absolute Gasteiger partial charge is 0.231 e. The second-order valence-corrected chi connectivity index (χ2v) is 10.1. The fraction of sp³-hybridized carbons (Fsp3) is 0.250. The molecule has 0 atom stereocenters. The zero-order chi connectivity index (χ0) is 20.9. The molecule has 2 aliphatic rings. The van der Waals surface area contributed by atoms with E-state index in [-0.39, 0.29) is 18.6 Å². The van der Waals surface area contributed by atoms with Crippen molar-refractivity contribution in [1.82, 2.24) is 4.98 Å². The molecule has 2 aromatic carbocycles. The molecule has 0 spiro atoms. The Morgan fingerprint density at radius 3 is 2.81 bits per heavy atom. The van der Waals surface area contributed by atoms with Crippen LogP contribution in [0, 0.1) is 12.8 Å². The number of hydrogen-bond donors (Lipinski definition) is 1. The molecule has 1 aliphatic carbocycles. The Bertz CT molecular complexity index is 1290. The van der Waals surface area contributed by atoms with E-state index in [1.54, 1.807) is 22.7 Å². The maximum Gasteiger partial charge on any atom is 0.231 e. The second kappa shape index (κ2) is 7.35. The van der Waals surface area contributed by atoms with Crippen LogP contribution in [0.15, 0.2) is 42.5 Å². The molecular weight excluding hydrogens is 428 g/mol. The van der Waals surface area contributed by atoms with Crippen LogP contribution in [-0.2, 0) is 11.2 Å². The number of aromatic nitrogens is 1. The topological polar surface area (TPSA) is 60.5 Å². The largest absolute Gasteiger partial charge is 0.454 e. The van der Waals surface area contributed by atoms with Gasteiger partial charge in [0.05, 0.1) is 10.2 Å². The highest BCUT2D eigenvalue weighted by molar-refractivity contribution is 7.22. The molecule has 3 heterocycles. The summed E-state index contributed by atoms with van der Waals surface area (Å²) < 4.78 is 12.1. The van der Waals surface area contributed by atoms with Crippen molar-refractivity contribution in [2.45, 2.75) is 26.2 Å². The van der Waals surface area contributed by atoms with E-state index in [0.717, 1.165) is 62.1 Å². The fourth-order valence-electron chi connectivity index (χ4n) is 3.85. The maximum atomic E-state index is 12.6. The van der Waals surface area contributed by atoms with E-state index in [1.807, 2.05) is 30.3 Å². The Morgan fingerprint density at radius 1 is 1.13 bits per heavy atom. The van der Waals surface area contributed by atoms with Gasteiger partial charge in [0, 0.05) is 22.8 Å². The number of benzene rings is 2. The SMILES string of the molecule is Cc1c(Cc2ccc3c(c2)OCO3)sc(NC(=O)C2CC2)c1-c1nc2ccccc2s1. The van der Waals surface area contributed by atoms with Crippen LogP contribution in [0.1, 0.15) is 28.8 Å². The Labute approximate surface area is 187 Å². The van der Waals surface area contributed by atoms with Gasteiger partial charge < -0.3 is 14.8 Å². The summed E-state index contributed by atoms with van der Waals surface area (Å²) >= 11 is 3.33. The summed E-state index contributed by atoms with van der Waals surface area (Å²) in [7, 11) is 0. The molecule has 31 heavy (non-hydrogen) atoms. The van der Waals surface area contributed by atoms with Gasteiger partial charge in [-0.3, -0.25) is 4.79 Å². The molecule has 156 valence electrons. The first-order valence-electron chi connectivity index (χ1n) is 10.3. The van der Waals surface area contributed by atoms with Crippen LogP contribution in [0.4, 0.5) is 5.00 Å². The third-order valence-corrected chi connectivity index (χ3v) is 8.00. The van der Waals surface area contributed by atoms with Crippen LogP contribution >= 0.6 is 22.7 Å². The lowest BCUT2D eigenvalue weighted by Crippen LogP contribution is -2.12. The van der Waals surface area contributed by atoms with Gasteiger partial charge in [0.25, 0.3) is 0 Å². The second-order valence-electron chi connectivity index (χ2n) is 7.97. The normalized spacial score (nSPS) is 14.9. The minimum Gasteiger partial charge on any atom is -0.454 e. The Hall–Kier alpha value is -2.90. The minimum atomic E-state index is 0.123. The lowest BCUT2D eigenvalue weighted by atomic mass is 10.1. The van der Waals surface area contributed by atoms with Crippen LogP contribution in [0.3, 0.4) is 0 Å². The molecular formula is C24H20N2O3S2. The Balaban J connectivity index is 1.41. The number of para-hydroxylation sites is 1. The highest BCUT2D eigenvalue weighted by atomic mass is 32.1. The summed E-state index contributed by atoms with van der Waals surface area (Å²) in [6, 6.07) is 14.2. The number of fused-ring (bicyclic) bond motifs is 2. The zero-order valence-corrected chi connectivity index (χ0v) is 18.6. The monoisotopic (exact) mass is 448 g/mol. The number of anilines is 1. The van der Waals surface area contributed by atoms with Crippen LogP contribution in [0.2, 0.25) is 0 Å². The van der Waals surface area contributed by atoms with Crippen LogP contribution in [-0.4, -0.2) is 17.7 Å². The van der Waals surface area contributed by atoms with Crippen molar-refractivity contribution in [3.8, 4) is 22.1 Å². The van der Waals surface area contributed by atoms with E-state index in [1.165, 1.54) is 10.4 Å². The van der Waals surface area contributed by atoms with Crippen LogP contribution < -0.4 is 14.8 Å². The predicted octanol–water partition coefficient (Wildman–Crippen LogP) is 6.00. The van der Waals surface area contributed by atoms with Crippen molar-refractivity contribution >= 4 is 43.8 Å². The first kappa shape index (κ1) is 18.8. The number of amides is 1. The van der Waals surface area contributed by atoms with Crippen molar-refractivity contribution in [2.24, 2.45) is 5.92 Å². The van der Waals surface area contributed by atoms with Crippen molar-refractivity contribution in [3.63, 3.8) is 0 Å². The van der Waals surface area contributed by atoms with E-state index in [0.29, 0.717) is 0 Å². The van der Waals surface area contributed by atoms with Gasteiger partial charge in [-0.15, -0.1) is 22.7 Å². The van der Waals surface area contributed by atoms with Gasteiger partial charge in [0.2, 0.25) is 12.7 Å². The number of ether oxygens (including phenoxy) is 2. The highest BCUT2D eigenvalue weighted by Crippen LogP contribution is 2.45. The van der Waals surface area contributed by atoms with E-state index in [9.17, 15) is 4.79 Å². The number of thiophene rings is 1. The molecule has 1 saturated carbocycles. The summed E-state index contributed by atoms with van der Waals surface area (Å²) in [5.41, 5.74) is 4.37. The van der Waals surface area contributed by atoms with Gasteiger partial charge in [-0.1, -0.05) is 18.2 Å². The van der Waals surface area contributed by atoms with Crippen molar-refractivity contribution in [3.05, 3.63) is 58.5 Å². The molecule has 1 amide bonds. The summed E-state index contributed by atoms with van der Waals surface area (Å²) in [5.74, 6) is 1.86. The number of rotatable bonds is 5. The predicted molar refractivity (Wildman–Crippen MR) is 124 cm³/mol. The zero-order valence-electron chi connectivity index (χ0n) is 16.9. The maximum absolute atomic E-state index is 12.6. The number of carbonyl (C=O) groups is 1. The molecule has 7 heteroatoms. The molecule has 4 aromatic rings. The molecule has 6 rings (SSSR count). The van der Waals surface area contributed by atoms with Gasteiger partial charge in [0.1, 0.15) is 10.0 Å². The number of thiazole rings is 1. The molecule has 1 aliphatic heterocycles. The lowest BCUT2D eigenvalue weighted by molar-refractivity contribution is -0.117. The number of nitrogens with zero attached hydrogens (tertiary/aromatic N) is 1. The van der Waals surface area contributed by atoms with Gasteiger partial charge in [-0.05, 0) is 55.2 Å². The first-order chi connectivity index (χ1) is 15.2. The highest BCUT2D eigenvalue weighted by Gasteiger charge is 2.31. The van der Waals surface area contributed by atoms with Gasteiger partial charge in [-0.2, -0.15) is 0 Å². The standard InChI is InChI=1S/C24H20N2O3S2/c1-13-20(11-14-6-9-17-18(10-14)29-12-28-17)31-24(26-22(27)15-7-8-15)21(13)23-25-16-4-2-3-5-19(16)30-23/h2-6,9-10,15H,7-8,11-12H2,1H3,(H,26,27).